The van der Waals surface area contributed by atoms with Gasteiger partial charge in [0.05, 0.1) is 21.9 Å². The third-order valence-electron chi connectivity index (χ3n) is 1.64. The van der Waals surface area contributed by atoms with Crippen molar-refractivity contribution in [3.8, 4) is 0 Å². The zero-order valence-electron chi connectivity index (χ0n) is 8.23. The van der Waals surface area contributed by atoms with E-state index in [0.717, 1.165) is 0 Å². The van der Waals surface area contributed by atoms with Crippen LogP contribution in [-0.2, 0) is 4.74 Å². The molecule has 0 aliphatic heterocycles. The Morgan fingerprint density at radius 2 is 1.92 bits per heavy atom. The second-order valence-corrected chi connectivity index (χ2v) is 4.94. The van der Waals surface area contributed by atoms with Crippen LogP contribution >= 0.6 is 0 Å². The number of ether oxygens (including phenoxy) is 1. The van der Waals surface area contributed by atoms with Crippen molar-refractivity contribution in [2.24, 2.45) is 0 Å². The van der Waals surface area contributed by atoms with Gasteiger partial charge in [-0.2, -0.15) is 0 Å². The summed E-state index contributed by atoms with van der Waals surface area (Å²) in [5, 5.41) is 1.45. The molecule has 1 rings (SSSR count). The smallest absolute Gasteiger partial charge is 0.0922 e. The van der Waals surface area contributed by atoms with Crippen LogP contribution in [0.5, 0.6) is 0 Å². The monoisotopic (exact) mass is 192 g/mol. The highest BCUT2D eigenvalue weighted by molar-refractivity contribution is 6.58. The fourth-order valence-corrected chi connectivity index (χ4v) is 2.03. The van der Waals surface area contributed by atoms with E-state index in [0.29, 0.717) is 6.10 Å². The van der Waals surface area contributed by atoms with E-state index in [1.807, 2.05) is 26.2 Å². The molecule has 70 valence electrons. The van der Waals surface area contributed by atoms with Crippen molar-refractivity contribution in [3.63, 3.8) is 0 Å². The zero-order chi connectivity index (χ0) is 9.52. The highest BCUT2D eigenvalue weighted by Crippen LogP contribution is 1.88. The van der Waals surface area contributed by atoms with Gasteiger partial charge in [0.15, 0.2) is 0 Å². The minimum Gasteiger partial charge on any atom is -0.499 e. The van der Waals surface area contributed by atoms with Gasteiger partial charge in [-0.3, -0.25) is 0 Å². The van der Waals surface area contributed by atoms with Crippen molar-refractivity contribution in [2.45, 2.75) is 20.0 Å². The van der Waals surface area contributed by atoms with Gasteiger partial charge in [-0.05, 0) is 13.8 Å². The first-order chi connectivity index (χ1) is 6.29. The van der Waals surface area contributed by atoms with Crippen LogP contribution in [0.2, 0.25) is 0 Å². The summed E-state index contributed by atoms with van der Waals surface area (Å²) in [7, 11) is -0.260. The van der Waals surface area contributed by atoms with Crippen molar-refractivity contribution >= 4 is 14.7 Å². The molecular weight excluding hydrogens is 176 g/mol. The van der Waals surface area contributed by atoms with Gasteiger partial charge in [0.1, 0.15) is 0 Å². The van der Waals surface area contributed by atoms with E-state index in [1.54, 1.807) is 0 Å². The summed E-state index contributed by atoms with van der Waals surface area (Å²) >= 11 is 0. The summed E-state index contributed by atoms with van der Waals surface area (Å²) in [5.74, 6) is 0. The average Bonchev–Trinajstić information content (AvgIpc) is 2.14. The van der Waals surface area contributed by atoms with Gasteiger partial charge in [-0.1, -0.05) is 41.2 Å². The summed E-state index contributed by atoms with van der Waals surface area (Å²) in [4.78, 5) is 0. The van der Waals surface area contributed by atoms with Crippen molar-refractivity contribution in [2.75, 3.05) is 0 Å². The summed E-state index contributed by atoms with van der Waals surface area (Å²) in [5.41, 5.74) is 2.18. The molecule has 0 bridgehead atoms. The molecule has 0 heterocycles. The predicted molar refractivity (Wildman–Crippen MR) is 60.0 cm³/mol. The average molecular weight is 192 g/mol. The molecule has 13 heavy (non-hydrogen) atoms. The normalized spacial score (nSPS) is 11.9. The summed E-state index contributed by atoms with van der Waals surface area (Å²) in [6.45, 7) is 4.07. The standard InChI is InChI=1S/C11H16OSi/c1-10(2)12-8-9-13-11-6-4-3-5-7-11/h3-10H,13H2,1-2H3. The highest BCUT2D eigenvalue weighted by atomic mass is 28.2. The molecule has 1 aromatic rings. The molecule has 2 heteroatoms. The minimum atomic E-state index is -0.260. The molecule has 0 unspecified atom stereocenters. The first-order valence-electron chi connectivity index (χ1n) is 4.63. The Kier molecular flexibility index (Phi) is 4.33. The topological polar surface area (TPSA) is 9.23 Å². The lowest BCUT2D eigenvalue weighted by molar-refractivity contribution is 0.180. The lowest BCUT2D eigenvalue weighted by atomic mass is 10.4. The van der Waals surface area contributed by atoms with Crippen LogP contribution in [0, 0.1) is 0 Å². The second-order valence-electron chi connectivity index (χ2n) is 3.25. The largest absolute Gasteiger partial charge is 0.499 e. The van der Waals surface area contributed by atoms with Crippen LogP contribution in [0.15, 0.2) is 42.3 Å². The van der Waals surface area contributed by atoms with E-state index in [4.69, 9.17) is 4.74 Å². The molecule has 0 spiro atoms. The number of benzene rings is 1. The predicted octanol–water partition coefficient (Wildman–Crippen LogP) is 1.38. The fourth-order valence-electron chi connectivity index (χ4n) is 1.01. The van der Waals surface area contributed by atoms with Crippen molar-refractivity contribution < 1.29 is 4.74 Å². The van der Waals surface area contributed by atoms with E-state index in [1.165, 1.54) is 5.19 Å². The van der Waals surface area contributed by atoms with E-state index in [9.17, 15) is 0 Å². The summed E-state index contributed by atoms with van der Waals surface area (Å²) in [6.07, 6.45) is 2.13. The molecule has 0 saturated heterocycles. The third kappa shape index (κ3) is 4.53. The van der Waals surface area contributed by atoms with Crippen LogP contribution in [0.25, 0.3) is 0 Å². The highest BCUT2D eigenvalue weighted by Gasteiger charge is 1.88. The number of rotatable bonds is 4. The zero-order valence-corrected chi connectivity index (χ0v) is 9.65. The molecular formula is C11H16OSi. The van der Waals surface area contributed by atoms with Gasteiger partial charge in [0, 0.05) is 0 Å². The molecule has 0 aliphatic rings. The van der Waals surface area contributed by atoms with E-state index >= 15 is 0 Å². The summed E-state index contributed by atoms with van der Waals surface area (Å²) < 4.78 is 5.32. The van der Waals surface area contributed by atoms with Gasteiger partial charge in [-0.25, -0.2) is 0 Å². The van der Waals surface area contributed by atoms with Crippen LogP contribution in [0.1, 0.15) is 13.8 Å². The van der Waals surface area contributed by atoms with Gasteiger partial charge in [0.25, 0.3) is 0 Å². The van der Waals surface area contributed by atoms with Gasteiger partial charge in [0.2, 0.25) is 0 Å². The molecule has 1 aromatic carbocycles. The molecule has 0 aliphatic carbocycles. The van der Waals surface area contributed by atoms with Crippen LogP contribution < -0.4 is 5.19 Å². The Bertz CT molecular complexity index is 254. The molecule has 0 radical (unpaired) electrons. The first-order valence-corrected chi connectivity index (χ1v) is 6.16. The van der Waals surface area contributed by atoms with Crippen molar-refractivity contribution in [3.05, 3.63) is 42.3 Å². The molecule has 0 aromatic heterocycles. The second kappa shape index (κ2) is 5.59. The lowest BCUT2D eigenvalue weighted by Crippen LogP contribution is -2.10. The maximum atomic E-state index is 5.32. The Hall–Kier alpha value is -1.02. The number of hydrogen-bond acceptors (Lipinski definition) is 1. The minimum absolute atomic E-state index is 0.260. The van der Waals surface area contributed by atoms with Crippen molar-refractivity contribution in [1.29, 1.82) is 0 Å². The third-order valence-corrected chi connectivity index (χ3v) is 3.01. The molecule has 0 atom stereocenters. The Labute approximate surface area is 82.3 Å². The van der Waals surface area contributed by atoms with Gasteiger partial charge in [-0.15, -0.1) is 0 Å². The van der Waals surface area contributed by atoms with E-state index in [-0.39, 0.29) is 9.52 Å². The summed E-state index contributed by atoms with van der Waals surface area (Å²) in [6, 6.07) is 10.6. The number of hydrogen-bond donors (Lipinski definition) is 0. The lowest BCUT2D eigenvalue weighted by Gasteiger charge is -2.02. The SMILES string of the molecule is CC(C)OC=C[SiH2]c1ccccc1. The Balaban J connectivity index is 2.31. The molecule has 0 fully saturated rings. The first kappa shape index (κ1) is 10.1. The van der Waals surface area contributed by atoms with E-state index < -0.39 is 0 Å². The Morgan fingerprint density at radius 1 is 1.23 bits per heavy atom. The van der Waals surface area contributed by atoms with Gasteiger partial charge < -0.3 is 4.74 Å². The maximum Gasteiger partial charge on any atom is 0.0922 e. The van der Waals surface area contributed by atoms with Crippen LogP contribution in [0.4, 0.5) is 0 Å². The quantitative estimate of drug-likeness (QED) is 0.517. The maximum absolute atomic E-state index is 5.32. The molecule has 0 saturated carbocycles. The Morgan fingerprint density at radius 3 is 2.54 bits per heavy atom. The fraction of sp³-hybridized carbons (Fsp3) is 0.273. The van der Waals surface area contributed by atoms with Crippen LogP contribution in [0.3, 0.4) is 0 Å². The van der Waals surface area contributed by atoms with Crippen LogP contribution in [-0.4, -0.2) is 15.6 Å². The van der Waals surface area contributed by atoms with Gasteiger partial charge >= 0.3 is 0 Å². The molecule has 1 nitrogen and oxygen atoms in total. The molecule has 0 N–H and O–H groups in total. The van der Waals surface area contributed by atoms with Crippen molar-refractivity contribution in [1.82, 2.24) is 0 Å². The van der Waals surface area contributed by atoms with E-state index in [2.05, 4.69) is 30.0 Å². The molecule has 0 amide bonds.